The van der Waals surface area contributed by atoms with Crippen LogP contribution in [-0.4, -0.2) is 27.1 Å². The summed E-state index contributed by atoms with van der Waals surface area (Å²) in [4.78, 5) is 26.6. The molecule has 6 nitrogen and oxygen atoms in total. The van der Waals surface area contributed by atoms with Crippen LogP contribution in [0.2, 0.25) is 0 Å². The van der Waals surface area contributed by atoms with Gasteiger partial charge in [-0.2, -0.15) is 0 Å². The topological polar surface area (TPSA) is 99.5 Å². The van der Waals surface area contributed by atoms with Crippen molar-refractivity contribution in [1.29, 1.82) is 0 Å². The number of aromatic nitrogens is 1. The Morgan fingerprint density at radius 3 is 2.55 bits per heavy atom. The summed E-state index contributed by atoms with van der Waals surface area (Å²) in [6, 6.07) is 5.73. The molecule has 102 valence electrons. The lowest BCUT2D eigenvalue weighted by Crippen LogP contribution is -2.13. The maximum absolute atomic E-state index is 12.0. The maximum atomic E-state index is 12.0. The van der Waals surface area contributed by atoms with Gasteiger partial charge in [0.05, 0.1) is 17.3 Å². The standard InChI is InChI=1S/C14H12N2O4/c1-8-2-3-9(14(19)20)5-12(8)16-13(18)10-4-11(17)7-15-6-10/h2-7,17H,1H3,(H,16,18)(H,19,20). The van der Waals surface area contributed by atoms with Crippen LogP contribution in [0.15, 0.2) is 36.7 Å². The van der Waals surface area contributed by atoms with E-state index in [1.54, 1.807) is 13.0 Å². The first kappa shape index (κ1) is 13.5. The number of aromatic carboxylic acids is 1. The first-order chi connectivity index (χ1) is 9.47. The number of carboxylic acid groups (broad SMARTS) is 1. The monoisotopic (exact) mass is 272 g/mol. The summed E-state index contributed by atoms with van der Waals surface area (Å²) in [5.74, 6) is -1.66. The predicted octanol–water partition coefficient (Wildman–Crippen LogP) is 2.05. The smallest absolute Gasteiger partial charge is 0.335 e. The number of amides is 1. The van der Waals surface area contributed by atoms with Gasteiger partial charge in [0, 0.05) is 11.9 Å². The number of hydrogen-bond acceptors (Lipinski definition) is 4. The Balaban J connectivity index is 2.27. The van der Waals surface area contributed by atoms with Crippen LogP contribution in [-0.2, 0) is 0 Å². The third kappa shape index (κ3) is 2.92. The van der Waals surface area contributed by atoms with Gasteiger partial charge >= 0.3 is 5.97 Å². The maximum Gasteiger partial charge on any atom is 0.335 e. The molecule has 0 radical (unpaired) electrons. The third-order valence-electron chi connectivity index (χ3n) is 2.72. The molecule has 1 aromatic heterocycles. The highest BCUT2D eigenvalue weighted by molar-refractivity contribution is 6.05. The van der Waals surface area contributed by atoms with Gasteiger partial charge in [-0.3, -0.25) is 9.78 Å². The van der Waals surface area contributed by atoms with Crippen LogP contribution in [0, 0.1) is 6.92 Å². The molecular weight excluding hydrogens is 260 g/mol. The van der Waals surface area contributed by atoms with Crippen molar-refractivity contribution >= 4 is 17.6 Å². The highest BCUT2D eigenvalue weighted by Gasteiger charge is 2.11. The van der Waals surface area contributed by atoms with Crippen molar-refractivity contribution in [3.8, 4) is 5.75 Å². The van der Waals surface area contributed by atoms with Crippen molar-refractivity contribution in [3.63, 3.8) is 0 Å². The van der Waals surface area contributed by atoms with Crippen LogP contribution in [0.3, 0.4) is 0 Å². The minimum Gasteiger partial charge on any atom is -0.506 e. The summed E-state index contributed by atoms with van der Waals surface area (Å²) in [7, 11) is 0. The number of aryl methyl sites for hydroxylation is 1. The Labute approximate surface area is 114 Å². The number of carboxylic acids is 1. The Morgan fingerprint density at radius 1 is 1.15 bits per heavy atom. The molecule has 6 heteroatoms. The average Bonchev–Trinajstić information content (AvgIpc) is 2.41. The number of aromatic hydroxyl groups is 1. The average molecular weight is 272 g/mol. The zero-order valence-electron chi connectivity index (χ0n) is 10.6. The van der Waals surface area contributed by atoms with E-state index in [9.17, 15) is 14.7 Å². The minimum atomic E-state index is -1.07. The molecule has 3 N–H and O–H groups in total. The second kappa shape index (κ2) is 5.40. The van der Waals surface area contributed by atoms with E-state index in [1.165, 1.54) is 30.6 Å². The Morgan fingerprint density at radius 2 is 1.90 bits per heavy atom. The summed E-state index contributed by atoms with van der Waals surface area (Å²) < 4.78 is 0. The van der Waals surface area contributed by atoms with Gasteiger partial charge in [0.2, 0.25) is 0 Å². The van der Waals surface area contributed by atoms with E-state index in [1.807, 2.05) is 0 Å². The van der Waals surface area contributed by atoms with Gasteiger partial charge in [-0.05, 0) is 30.7 Å². The molecule has 0 aliphatic carbocycles. The number of carbonyl (C=O) groups is 2. The lowest BCUT2D eigenvalue weighted by Gasteiger charge is -2.09. The number of nitrogens with one attached hydrogen (secondary N) is 1. The van der Waals surface area contributed by atoms with Crippen molar-refractivity contribution in [2.45, 2.75) is 6.92 Å². The Kier molecular flexibility index (Phi) is 3.65. The van der Waals surface area contributed by atoms with E-state index >= 15 is 0 Å². The molecule has 1 heterocycles. The van der Waals surface area contributed by atoms with Crippen molar-refractivity contribution in [2.24, 2.45) is 0 Å². The van der Waals surface area contributed by atoms with Gasteiger partial charge < -0.3 is 15.5 Å². The minimum absolute atomic E-state index is 0.0833. The van der Waals surface area contributed by atoms with E-state index in [0.717, 1.165) is 5.56 Å². The molecule has 2 rings (SSSR count). The molecule has 0 unspecified atom stereocenters. The van der Waals surface area contributed by atoms with Crippen molar-refractivity contribution in [1.82, 2.24) is 4.98 Å². The lowest BCUT2D eigenvalue weighted by atomic mass is 10.1. The van der Waals surface area contributed by atoms with E-state index < -0.39 is 11.9 Å². The predicted molar refractivity (Wildman–Crippen MR) is 72.0 cm³/mol. The van der Waals surface area contributed by atoms with Gasteiger partial charge in [-0.25, -0.2) is 4.79 Å². The highest BCUT2D eigenvalue weighted by atomic mass is 16.4. The molecule has 1 aromatic carbocycles. The Hall–Kier alpha value is -2.89. The van der Waals surface area contributed by atoms with Crippen molar-refractivity contribution < 1.29 is 19.8 Å². The zero-order chi connectivity index (χ0) is 14.7. The largest absolute Gasteiger partial charge is 0.506 e. The number of pyridine rings is 1. The Bertz CT molecular complexity index is 683. The molecule has 0 fully saturated rings. The lowest BCUT2D eigenvalue weighted by molar-refractivity contribution is 0.0696. The van der Waals surface area contributed by atoms with Crippen LogP contribution in [0.4, 0.5) is 5.69 Å². The molecule has 0 atom stereocenters. The van der Waals surface area contributed by atoms with Gasteiger partial charge in [0.25, 0.3) is 5.91 Å². The molecule has 0 saturated heterocycles. The van der Waals surface area contributed by atoms with Crippen LogP contribution in [0.1, 0.15) is 26.3 Å². The zero-order valence-corrected chi connectivity index (χ0v) is 10.6. The molecule has 0 spiro atoms. The SMILES string of the molecule is Cc1ccc(C(=O)O)cc1NC(=O)c1cncc(O)c1. The van der Waals surface area contributed by atoms with E-state index in [4.69, 9.17) is 5.11 Å². The second-order valence-corrected chi connectivity index (χ2v) is 4.22. The number of hydrogen-bond donors (Lipinski definition) is 3. The fraction of sp³-hybridized carbons (Fsp3) is 0.0714. The van der Waals surface area contributed by atoms with Crippen LogP contribution >= 0.6 is 0 Å². The molecule has 0 aliphatic heterocycles. The van der Waals surface area contributed by atoms with Gasteiger partial charge in [-0.15, -0.1) is 0 Å². The fourth-order valence-corrected chi connectivity index (χ4v) is 1.64. The van der Waals surface area contributed by atoms with Gasteiger partial charge in [0.1, 0.15) is 5.75 Å². The molecule has 0 saturated carbocycles. The number of carbonyl (C=O) groups excluding carboxylic acids is 1. The summed E-state index contributed by atoms with van der Waals surface area (Å²) in [5, 5.41) is 20.8. The number of rotatable bonds is 3. The highest BCUT2D eigenvalue weighted by Crippen LogP contribution is 2.18. The summed E-state index contributed by atoms with van der Waals surface area (Å²) >= 11 is 0. The van der Waals surface area contributed by atoms with Gasteiger partial charge in [0.15, 0.2) is 0 Å². The number of benzene rings is 1. The van der Waals surface area contributed by atoms with Gasteiger partial charge in [-0.1, -0.05) is 6.07 Å². The third-order valence-corrected chi connectivity index (χ3v) is 2.72. The number of anilines is 1. The fourth-order valence-electron chi connectivity index (χ4n) is 1.64. The molecule has 0 aliphatic rings. The first-order valence-corrected chi connectivity index (χ1v) is 5.76. The molecule has 1 amide bonds. The van der Waals surface area contributed by atoms with Crippen molar-refractivity contribution in [3.05, 3.63) is 53.3 Å². The van der Waals surface area contributed by atoms with Crippen molar-refractivity contribution in [2.75, 3.05) is 5.32 Å². The van der Waals surface area contributed by atoms with E-state index in [0.29, 0.717) is 5.69 Å². The first-order valence-electron chi connectivity index (χ1n) is 5.76. The number of nitrogens with zero attached hydrogens (tertiary/aromatic N) is 1. The summed E-state index contributed by atoms with van der Waals surface area (Å²) in [6.45, 7) is 1.75. The molecule has 0 bridgehead atoms. The van der Waals surface area contributed by atoms with E-state index in [-0.39, 0.29) is 16.9 Å². The molecule has 20 heavy (non-hydrogen) atoms. The van der Waals surface area contributed by atoms with Crippen LogP contribution in [0.25, 0.3) is 0 Å². The second-order valence-electron chi connectivity index (χ2n) is 4.22. The quantitative estimate of drug-likeness (QED) is 0.794. The molecular formula is C14H12N2O4. The van der Waals surface area contributed by atoms with Crippen LogP contribution < -0.4 is 5.32 Å². The summed E-state index contributed by atoms with van der Waals surface area (Å²) in [6.07, 6.45) is 2.53. The van der Waals surface area contributed by atoms with E-state index in [2.05, 4.69) is 10.3 Å². The normalized spacial score (nSPS) is 10.1. The van der Waals surface area contributed by atoms with Crippen LogP contribution in [0.5, 0.6) is 5.75 Å². The summed E-state index contributed by atoms with van der Waals surface area (Å²) in [5.41, 5.74) is 1.40. The molecule has 2 aromatic rings.